The van der Waals surface area contributed by atoms with E-state index in [2.05, 4.69) is 4.74 Å². The van der Waals surface area contributed by atoms with Crippen LogP contribution in [0.2, 0.25) is 0 Å². The first-order valence-electron chi connectivity index (χ1n) is 37.7. The average Bonchev–Trinajstić information content (AvgIpc) is 0.770. The second kappa shape index (κ2) is 43.1. The maximum absolute atomic E-state index is 14.0. The van der Waals surface area contributed by atoms with Crippen LogP contribution in [0.4, 0.5) is 0 Å². The van der Waals surface area contributed by atoms with Gasteiger partial charge in [-0.25, -0.2) is 0 Å². The van der Waals surface area contributed by atoms with Crippen LogP contribution in [-0.4, -0.2) is 342 Å². The predicted octanol–water partition coefficient (Wildman–Crippen LogP) is -2.84. The summed E-state index contributed by atoms with van der Waals surface area (Å²) in [6.45, 7) is 17.2. The molecule has 6 rings (SSSR count). The molecule has 0 radical (unpaired) electrons. The Bertz CT molecular complexity index is 2720. The van der Waals surface area contributed by atoms with Gasteiger partial charge in [0.25, 0.3) is 0 Å². The van der Waals surface area contributed by atoms with Crippen LogP contribution in [-0.2, 0) is 104 Å². The van der Waals surface area contributed by atoms with Gasteiger partial charge in [-0.05, 0) is 94.9 Å². The third kappa shape index (κ3) is 24.2. The number of aliphatic hydroxyl groups excluding tert-OH is 15. The Morgan fingerprint density at radius 3 is 1.47 bits per heavy atom. The summed E-state index contributed by atoms with van der Waals surface area (Å²) in [4.78, 5) is 65.2. The lowest BCUT2D eigenvalue weighted by Crippen LogP contribution is -2.68. The van der Waals surface area contributed by atoms with E-state index in [9.17, 15) is 101 Å². The van der Waals surface area contributed by atoms with Crippen LogP contribution in [0.3, 0.4) is 0 Å². The zero-order valence-electron chi connectivity index (χ0n) is 63.9. The predicted molar refractivity (Wildman–Crippen MR) is 364 cm³/mol. The van der Waals surface area contributed by atoms with Crippen molar-refractivity contribution in [2.45, 2.75) is 375 Å². The normalized spacial score (nSPS) is 40.0. The smallest absolute Gasteiger partial charge is 0.312 e. The quantitative estimate of drug-likeness (QED) is 0.0168. The van der Waals surface area contributed by atoms with E-state index in [0.29, 0.717) is 51.4 Å². The van der Waals surface area contributed by atoms with Crippen molar-refractivity contribution < 1.29 is 181 Å². The summed E-state index contributed by atoms with van der Waals surface area (Å²) in [5.74, 6) is -8.26. The van der Waals surface area contributed by atoms with Gasteiger partial charge in [0, 0.05) is 0 Å². The molecule has 15 N–H and O–H groups in total. The number of carbonyl (C=O) groups excluding carboxylic acids is 5. The average molecular weight is 1570 g/mol. The van der Waals surface area contributed by atoms with Crippen molar-refractivity contribution in [2.24, 2.45) is 23.7 Å². The molecule has 37 nitrogen and oxygen atoms in total. The number of unbranched alkanes of at least 4 members (excludes halogenated alkanes) is 4. The molecule has 39 atom stereocenters. The first kappa shape index (κ1) is 93.1. The topological polar surface area (TPSA) is 546 Å². The van der Waals surface area contributed by atoms with Crippen LogP contribution in [0, 0.1) is 23.7 Å². The first-order valence-corrected chi connectivity index (χ1v) is 37.7. The van der Waals surface area contributed by atoms with Gasteiger partial charge in [-0.1, -0.05) is 59.3 Å². The summed E-state index contributed by atoms with van der Waals surface area (Å²) in [5, 5.41) is 169. The second-order valence-electron chi connectivity index (χ2n) is 29.6. The summed E-state index contributed by atoms with van der Waals surface area (Å²) in [5.41, 5.74) is 0. The number of carbonyl (C=O) groups is 5. The molecule has 0 amide bonds. The van der Waals surface area contributed by atoms with Crippen LogP contribution < -0.4 is 0 Å². The van der Waals surface area contributed by atoms with Gasteiger partial charge in [0.05, 0.1) is 99.2 Å². The third-order valence-electron chi connectivity index (χ3n) is 21.1. The van der Waals surface area contributed by atoms with Gasteiger partial charge in [0.2, 0.25) is 0 Å². The highest BCUT2D eigenvalue weighted by molar-refractivity contribution is 5.76. The molecular weight excluding hydrogens is 1440 g/mol. The summed E-state index contributed by atoms with van der Waals surface area (Å²) < 4.78 is 102. The Balaban J connectivity index is 1.29. The molecule has 0 aromatic heterocycles. The van der Waals surface area contributed by atoms with Gasteiger partial charge >= 0.3 is 29.8 Å². The Hall–Kier alpha value is -3.73. The molecule has 6 aliphatic rings. The van der Waals surface area contributed by atoms with E-state index < -0.39 is 281 Å². The van der Waals surface area contributed by atoms with E-state index in [1.54, 1.807) is 6.92 Å². The Kier molecular flexibility index (Phi) is 37.2. The minimum absolute atomic E-state index is 0.137. The van der Waals surface area contributed by atoms with Gasteiger partial charge in [-0.2, -0.15) is 0 Å². The molecule has 108 heavy (non-hydrogen) atoms. The summed E-state index contributed by atoms with van der Waals surface area (Å²) >= 11 is 0. The van der Waals surface area contributed by atoms with Crippen LogP contribution in [0.5, 0.6) is 0 Å². The largest absolute Gasteiger partial charge is 0.469 e. The minimum atomic E-state index is -2.15. The molecule has 37 heteroatoms. The van der Waals surface area contributed by atoms with E-state index in [0.717, 1.165) is 6.42 Å². The molecule has 628 valence electrons. The molecule has 0 bridgehead atoms. The Morgan fingerprint density at radius 2 is 0.870 bits per heavy atom. The van der Waals surface area contributed by atoms with Gasteiger partial charge in [-0.15, -0.1) is 0 Å². The van der Waals surface area contributed by atoms with Crippen LogP contribution in [0.25, 0.3) is 0 Å². The molecule has 0 aromatic rings. The maximum Gasteiger partial charge on any atom is 0.312 e. The monoisotopic (exact) mass is 1570 g/mol. The third-order valence-corrected chi connectivity index (χ3v) is 21.1. The van der Waals surface area contributed by atoms with Crippen molar-refractivity contribution in [2.75, 3.05) is 20.3 Å². The molecular formula is C71H122O37. The molecule has 0 aromatic carbocycles. The fraction of sp³-hybridized carbons (Fsp3) is 0.930. The summed E-state index contributed by atoms with van der Waals surface area (Å²) in [6, 6.07) is 0. The zero-order chi connectivity index (χ0) is 80.6. The minimum Gasteiger partial charge on any atom is -0.469 e. The number of aliphatic hydroxyl groups is 15. The fourth-order valence-corrected chi connectivity index (χ4v) is 13.0. The first-order chi connectivity index (χ1) is 50.8. The number of hydrogen-bond donors (Lipinski definition) is 15. The van der Waals surface area contributed by atoms with Crippen molar-refractivity contribution in [3.05, 3.63) is 0 Å². The van der Waals surface area contributed by atoms with Crippen LogP contribution in [0.15, 0.2) is 0 Å². The van der Waals surface area contributed by atoms with E-state index in [-0.39, 0.29) is 12.8 Å². The SMILES string of the molecule is CCCC(CCCCCCCC(O)CC(=O)OC)OC1OC(COC2OC(C)C(OC(=O)C(C)C(C)O)C(O)C2O)C(O)C(O)C1OC1OC(CO)C(O)C(O)C1OC1OC(C)C(OC2OC(C)C(OC(=O)C(C)C(C)OC(=O)C(C)C(C)O)C(OC3OC(C)C(O)C(O)C3O)C2O)C(O)C1OC(=O)C(C)CC. The number of rotatable bonds is 38. The van der Waals surface area contributed by atoms with Gasteiger partial charge in [0.1, 0.15) is 110 Å². The van der Waals surface area contributed by atoms with Gasteiger partial charge < -0.3 is 157 Å². The fourth-order valence-electron chi connectivity index (χ4n) is 13.0. The lowest BCUT2D eigenvalue weighted by Gasteiger charge is -2.50. The lowest BCUT2D eigenvalue weighted by molar-refractivity contribution is -0.403. The molecule has 6 fully saturated rings. The molecule has 0 aliphatic carbocycles. The van der Waals surface area contributed by atoms with Crippen molar-refractivity contribution in [3.8, 4) is 0 Å². The number of methoxy groups -OCH3 is 1. The molecule has 6 heterocycles. The van der Waals surface area contributed by atoms with Crippen molar-refractivity contribution in [3.63, 3.8) is 0 Å². The molecule has 39 unspecified atom stereocenters. The van der Waals surface area contributed by atoms with Crippen molar-refractivity contribution in [1.82, 2.24) is 0 Å². The van der Waals surface area contributed by atoms with E-state index >= 15 is 0 Å². The Morgan fingerprint density at radius 1 is 0.407 bits per heavy atom. The molecule has 0 spiro atoms. The zero-order valence-corrected chi connectivity index (χ0v) is 63.9. The van der Waals surface area contributed by atoms with Gasteiger partial charge in [0.15, 0.2) is 56.1 Å². The highest BCUT2D eigenvalue weighted by Crippen LogP contribution is 2.39. The molecule has 0 saturated carbocycles. The van der Waals surface area contributed by atoms with E-state index in [4.69, 9.17) is 75.8 Å². The highest BCUT2D eigenvalue weighted by atomic mass is 16.8. The molecule has 6 saturated heterocycles. The number of ether oxygens (including phenoxy) is 17. The number of hydrogen-bond acceptors (Lipinski definition) is 37. The highest BCUT2D eigenvalue weighted by Gasteiger charge is 2.59. The van der Waals surface area contributed by atoms with Crippen LogP contribution in [0.1, 0.15) is 161 Å². The Labute approximate surface area is 628 Å². The van der Waals surface area contributed by atoms with Crippen molar-refractivity contribution in [1.29, 1.82) is 0 Å². The van der Waals surface area contributed by atoms with Crippen LogP contribution >= 0.6 is 0 Å². The number of esters is 5. The summed E-state index contributed by atoms with van der Waals surface area (Å²) in [6.07, 6.45) is -53.5. The van der Waals surface area contributed by atoms with Gasteiger partial charge in [-0.3, -0.25) is 24.0 Å². The van der Waals surface area contributed by atoms with Crippen molar-refractivity contribution >= 4 is 29.8 Å². The summed E-state index contributed by atoms with van der Waals surface area (Å²) in [7, 11) is 1.24. The standard InChI is InChI=1S/C71H122O37/c1-15-22-40(24-21-19-17-18-20-23-39(75)25-43(76)92-14)99-70-59(49(82)46(79)42(101-70)27-93-66-52(85)50(83)55(36(11)96-66)102-64(90)30(5)33(8)74)108-71-60(48(81)45(78)41(26-72)100-71)107-69-61(104-62(88)28(3)16-2)53(86)56(37(12)98-69)105-68-54(87)58(106-67-51(84)47(80)44(77)35(10)95-67)57(38(13)97-68)103-65(91)31(6)34(9)94-63(89)29(4)32(7)73/h28-42,44-61,66-75,77-87H,15-27H2,1-14H3. The second-order valence-corrected chi connectivity index (χ2v) is 29.6. The lowest BCUT2D eigenvalue weighted by atomic mass is 9.95. The van der Waals surface area contributed by atoms with E-state index in [1.807, 2.05) is 6.92 Å². The maximum atomic E-state index is 14.0. The molecule has 6 aliphatic heterocycles. The van der Waals surface area contributed by atoms with E-state index in [1.165, 1.54) is 83.3 Å².